The minimum Gasteiger partial charge on any atom is -0.346 e. The Morgan fingerprint density at radius 3 is 2.30 bits per heavy atom. The zero-order chi connectivity index (χ0) is 19.6. The van der Waals surface area contributed by atoms with E-state index >= 15 is 0 Å². The molecule has 2 aromatic carbocycles. The Bertz CT molecular complexity index is 947. The zero-order valence-corrected chi connectivity index (χ0v) is 16.4. The molecule has 0 bridgehead atoms. The third-order valence-electron chi connectivity index (χ3n) is 4.15. The molecule has 27 heavy (non-hydrogen) atoms. The molecule has 10 heteroatoms. The topological polar surface area (TPSA) is 52.7 Å². The minimum atomic E-state index is -3.62. The number of thiocarbonyl (C=S) groups is 1. The standard InChI is InChI=1S/C17H16ClF2N3O2S2/c18-12-1-4-14(5-2-12)27(24,25)23-9-7-22(8-10-23)17(26)21-16-11-13(19)3-6-15(16)20/h1-6,11H,7-10H2,(H,21,26). The van der Waals surface area contributed by atoms with E-state index in [1.54, 1.807) is 4.90 Å². The van der Waals surface area contributed by atoms with Crippen molar-refractivity contribution >= 4 is 44.6 Å². The van der Waals surface area contributed by atoms with Gasteiger partial charge >= 0.3 is 0 Å². The van der Waals surface area contributed by atoms with Gasteiger partial charge < -0.3 is 10.2 Å². The van der Waals surface area contributed by atoms with E-state index in [1.165, 1.54) is 28.6 Å². The highest BCUT2D eigenvalue weighted by molar-refractivity contribution is 7.89. The third kappa shape index (κ3) is 4.55. The molecular formula is C17H16ClF2N3O2S2. The van der Waals surface area contributed by atoms with Crippen molar-refractivity contribution in [2.24, 2.45) is 0 Å². The Hall–Kier alpha value is -1.81. The van der Waals surface area contributed by atoms with Crippen molar-refractivity contribution in [2.45, 2.75) is 4.90 Å². The first kappa shape index (κ1) is 19.9. The van der Waals surface area contributed by atoms with Gasteiger partial charge in [0.2, 0.25) is 10.0 Å². The first-order valence-corrected chi connectivity index (χ1v) is 10.3. The summed E-state index contributed by atoms with van der Waals surface area (Å²) in [5.74, 6) is -1.21. The van der Waals surface area contributed by atoms with E-state index < -0.39 is 21.7 Å². The lowest BCUT2D eigenvalue weighted by molar-refractivity contribution is 0.268. The van der Waals surface area contributed by atoms with Crippen molar-refractivity contribution in [1.82, 2.24) is 9.21 Å². The number of benzene rings is 2. The number of rotatable bonds is 3. The summed E-state index contributed by atoms with van der Waals surface area (Å²) in [5, 5.41) is 3.34. The summed E-state index contributed by atoms with van der Waals surface area (Å²) in [7, 11) is -3.62. The van der Waals surface area contributed by atoms with Gasteiger partial charge in [-0.15, -0.1) is 0 Å². The molecule has 0 atom stereocenters. The van der Waals surface area contributed by atoms with Gasteiger partial charge in [0.1, 0.15) is 11.6 Å². The van der Waals surface area contributed by atoms with Crippen molar-refractivity contribution < 1.29 is 17.2 Å². The molecule has 2 aromatic rings. The smallest absolute Gasteiger partial charge is 0.243 e. The van der Waals surface area contributed by atoms with Crippen LogP contribution in [0.1, 0.15) is 0 Å². The van der Waals surface area contributed by atoms with E-state index in [-0.39, 0.29) is 28.8 Å². The number of anilines is 1. The fourth-order valence-electron chi connectivity index (χ4n) is 2.67. The molecule has 144 valence electrons. The van der Waals surface area contributed by atoms with E-state index in [4.69, 9.17) is 23.8 Å². The quantitative estimate of drug-likeness (QED) is 0.755. The highest BCUT2D eigenvalue weighted by atomic mass is 35.5. The Balaban J connectivity index is 1.63. The van der Waals surface area contributed by atoms with Gasteiger partial charge in [-0.3, -0.25) is 0 Å². The number of hydrogen-bond acceptors (Lipinski definition) is 3. The van der Waals surface area contributed by atoms with Gasteiger partial charge in [0.15, 0.2) is 5.11 Å². The molecule has 0 aromatic heterocycles. The second-order valence-corrected chi connectivity index (χ2v) is 8.66. The normalized spacial score (nSPS) is 15.6. The van der Waals surface area contributed by atoms with Crippen LogP contribution in [0.3, 0.4) is 0 Å². The molecule has 1 aliphatic rings. The van der Waals surface area contributed by atoms with Crippen molar-refractivity contribution in [3.63, 3.8) is 0 Å². The maximum atomic E-state index is 13.7. The molecule has 0 aliphatic carbocycles. The summed E-state index contributed by atoms with van der Waals surface area (Å²) in [5.41, 5.74) is -0.0591. The van der Waals surface area contributed by atoms with Crippen LogP contribution in [0, 0.1) is 11.6 Å². The second-order valence-electron chi connectivity index (χ2n) is 5.90. The fourth-order valence-corrected chi connectivity index (χ4v) is 4.52. The van der Waals surface area contributed by atoms with Gasteiger partial charge in [-0.1, -0.05) is 11.6 Å². The van der Waals surface area contributed by atoms with Crippen molar-refractivity contribution in [2.75, 3.05) is 31.5 Å². The molecule has 1 fully saturated rings. The van der Waals surface area contributed by atoms with Crippen LogP contribution in [0.2, 0.25) is 5.02 Å². The zero-order valence-electron chi connectivity index (χ0n) is 14.0. The summed E-state index contributed by atoms with van der Waals surface area (Å²) in [6.45, 7) is 1.10. The Labute approximate surface area is 166 Å². The van der Waals surface area contributed by atoms with E-state index in [1.807, 2.05) is 0 Å². The SMILES string of the molecule is O=S(=O)(c1ccc(Cl)cc1)N1CCN(C(=S)Nc2cc(F)ccc2F)CC1. The number of hydrogen-bond donors (Lipinski definition) is 1. The molecule has 1 aliphatic heterocycles. The van der Waals surface area contributed by atoms with Crippen LogP contribution in [0.4, 0.5) is 14.5 Å². The number of halogens is 3. The number of nitrogens with one attached hydrogen (secondary N) is 1. The van der Waals surface area contributed by atoms with Crippen LogP contribution in [-0.4, -0.2) is 48.9 Å². The summed E-state index contributed by atoms with van der Waals surface area (Å²) in [6.07, 6.45) is 0. The van der Waals surface area contributed by atoms with Crippen molar-refractivity contribution in [3.05, 3.63) is 59.1 Å². The molecule has 0 spiro atoms. The van der Waals surface area contributed by atoms with Gasteiger partial charge in [-0.05, 0) is 48.6 Å². The lowest BCUT2D eigenvalue weighted by Crippen LogP contribution is -2.51. The van der Waals surface area contributed by atoms with E-state index in [2.05, 4.69) is 5.32 Å². The van der Waals surface area contributed by atoms with Gasteiger partial charge in [0, 0.05) is 37.3 Å². The largest absolute Gasteiger partial charge is 0.346 e. The second kappa shape index (κ2) is 8.05. The van der Waals surface area contributed by atoms with Crippen LogP contribution < -0.4 is 5.32 Å². The summed E-state index contributed by atoms with van der Waals surface area (Å²) >= 11 is 11.0. The summed E-state index contributed by atoms with van der Waals surface area (Å²) in [4.78, 5) is 1.89. The molecule has 0 unspecified atom stereocenters. The van der Waals surface area contributed by atoms with Crippen LogP contribution in [0.15, 0.2) is 47.4 Å². The third-order valence-corrected chi connectivity index (χ3v) is 6.67. The van der Waals surface area contributed by atoms with Crippen molar-refractivity contribution in [3.8, 4) is 0 Å². The first-order valence-electron chi connectivity index (χ1n) is 8.04. The van der Waals surface area contributed by atoms with Crippen molar-refractivity contribution in [1.29, 1.82) is 0 Å². The molecule has 0 amide bonds. The van der Waals surface area contributed by atoms with Gasteiger partial charge in [-0.25, -0.2) is 17.2 Å². The molecule has 1 N–H and O–H groups in total. The molecule has 0 radical (unpaired) electrons. The summed E-state index contributed by atoms with van der Waals surface area (Å²) < 4.78 is 53.7. The monoisotopic (exact) mass is 431 g/mol. The summed E-state index contributed by atoms with van der Waals surface area (Å²) in [6, 6.07) is 9.02. The van der Waals surface area contributed by atoms with E-state index in [9.17, 15) is 17.2 Å². The number of nitrogens with zero attached hydrogens (tertiary/aromatic N) is 2. The Morgan fingerprint density at radius 1 is 1.04 bits per heavy atom. The number of piperazine rings is 1. The lowest BCUT2D eigenvalue weighted by Gasteiger charge is -2.35. The lowest BCUT2D eigenvalue weighted by atomic mass is 10.3. The molecule has 5 nitrogen and oxygen atoms in total. The van der Waals surface area contributed by atoms with Gasteiger partial charge in [0.05, 0.1) is 10.6 Å². The Morgan fingerprint density at radius 2 is 1.67 bits per heavy atom. The Kier molecular flexibility index (Phi) is 5.95. The molecule has 3 rings (SSSR count). The maximum Gasteiger partial charge on any atom is 0.243 e. The average molecular weight is 432 g/mol. The maximum absolute atomic E-state index is 13.7. The van der Waals surface area contributed by atoms with Crippen LogP contribution >= 0.6 is 23.8 Å². The minimum absolute atomic E-state index is 0.0591. The van der Waals surface area contributed by atoms with Gasteiger partial charge in [0.25, 0.3) is 0 Å². The predicted molar refractivity (Wildman–Crippen MR) is 104 cm³/mol. The molecule has 1 saturated heterocycles. The van der Waals surface area contributed by atoms with E-state index in [0.29, 0.717) is 18.1 Å². The molecule has 0 saturated carbocycles. The fraction of sp³-hybridized carbons (Fsp3) is 0.235. The van der Waals surface area contributed by atoms with E-state index in [0.717, 1.165) is 18.2 Å². The predicted octanol–water partition coefficient (Wildman–Crippen LogP) is 3.32. The average Bonchev–Trinajstić information content (AvgIpc) is 2.65. The first-order chi connectivity index (χ1) is 12.8. The highest BCUT2D eigenvalue weighted by Gasteiger charge is 2.29. The molecular weight excluding hydrogens is 416 g/mol. The molecule has 1 heterocycles. The van der Waals surface area contributed by atoms with Crippen LogP contribution in [0.25, 0.3) is 0 Å². The highest BCUT2D eigenvalue weighted by Crippen LogP contribution is 2.21. The van der Waals surface area contributed by atoms with Gasteiger partial charge in [-0.2, -0.15) is 4.31 Å². The van der Waals surface area contributed by atoms with Crippen LogP contribution in [-0.2, 0) is 10.0 Å². The van der Waals surface area contributed by atoms with Crippen LogP contribution in [0.5, 0.6) is 0 Å². The number of sulfonamides is 1.